The fourth-order valence-electron chi connectivity index (χ4n) is 2.87. The normalized spacial score (nSPS) is 11.9. The standard InChI is InChI=1S/C21H27BrN2O3/c1-24(2)19(16-6-5-7-17(13-16)26-3)14-23-21(25)11-9-15-8-10-20(27-4)18(22)12-15/h5-8,10,12-13,19H,9,11,14H2,1-4H3,(H,23,25). The van der Waals surface area contributed by atoms with E-state index in [2.05, 4.69) is 26.1 Å². The topological polar surface area (TPSA) is 50.8 Å². The maximum Gasteiger partial charge on any atom is 0.220 e. The Morgan fingerprint density at radius 1 is 1.15 bits per heavy atom. The van der Waals surface area contributed by atoms with E-state index in [-0.39, 0.29) is 11.9 Å². The van der Waals surface area contributed by atoms with Crippen LogP contribution in [0.4, 0.5) is 0 Å². The van der Waals surface area contributed by atoms with Crippen molar-refractivity contribution in [2.75, 3.05) is 34.9 Å². The molecule has 0 radical (unpaired) electrons. The van der Waals surface area contributed by atoms with Crippen molar-refractivity contribution in [3.05, 3.63) is 58.1 Å². The fourth-order valence-corrected chi connectivity index (χ4v) is 3.46. The maximum absolute atomic E-state index is 12.3. The number of carbonyl (C=O) groups is 1. The lowest BCUT2D eigenvalue weighted by Gasteiger charge is -2.25. The predicted octanol–water partition coefficient (Wildman–Crippen LogP) is 3.82. The number of likely N-dealkylation sites (N-methyl/N-ethyl adjacent to an activating group) is 1. The number of carbonyl (C=O) groups excluding carboxylic acids is 1. The van der Waals surface area contributed by atoms with Gasteiger partial charge in [0.05, 0.1) is 24.7 Å². The Hall–Kier alpha value is -2.05. The van der Waals surface area contributed by atoms with E-state index in [0.29, 0.717) is 19.4 Å². The molecule has 0 aliphatic heterocycles. The van der Waals surface area contributed by atoms with Crippen LogP contribution >= 0.6 is 15.9 Å². The molecule has 146 valence electrons. The number of ether oxygens (including phenoxy) is 2. The second-order valence-corrected chi connectivity index (χ2v) is 7.38. The minimum atomic E-state index is 0.0386. The molecule has 1 amide bonds. The van der Waals surface area contributed by atoms with Crippen LogP contribution < -0.4 is 14.8 Å². The molecule has 0 aliphatic rings. The molecule has 0 fully saturated rings. The zero-order chi connectivity index (χ0) is 19.8. The summed E-state index contributed by atoms with van der Waals surface area (Å²) in [5.74, 6) is 1.64. The van der Waals surface area contributed by atoms with Crippen molar-refractivity contribution in [2.24, 2.45) is 0 Å². The quantitative estimate of drug-likeness (QED) is 0.651. The summed E-state index contributed by atoms with van der Waals surface area (Å²) >= 11 is 3.48. The first-order chi connectivity index (χ1) is 12.9. The molecule has 0 bridgehead atoms. The first kappa shape index (κ1) is 21.3. The predicted molar refractivity (Wildman–Crippen MR) is 111 cm³/mol. The van der Waals surface area contributed by atoms with Crippen LogP contribution in [0.1, 0.15) is 23.6 Å². The Bertz CT molecular complexity index is 765. The second kappa shape index (κ2) is 10.3. The van der Waals surface area contributed by atoms with Gasteiger partial charge in [0.1, 0.15) is 11.5 Å². The summed E-state index contributed by atoms with van der Waals surface area (Å²) in [6.07, 6.45) is 1.12. The third kappa shape index (κ3) is 6.26. The van der Waals surface area contributed by atoms with Crippen molar-refractivity contribution in [1.29, 1.82) is 0 Å². The van der Waals surface area contributed by atoms with Gasteiger partial charge in [-0.15, -0.1) is 0 Å². The number of nitrogens with zero attached hydrogens (tertiary/aromatic N) is 1. The largest absolute Gasteiger partial charge is 0.497 e. The molecule has 1 N–H and O–H groups in total. The molecule has 6 heteroatoms. The molecule has 0 saturated carbocycles. The molecule has 5 nitrogen and oxygen atoms in total. The molecule has 0 saturated heterocycles. The third-order valence-corrected chi connectivity index (χ3v) is 5.07. The number of methoxy groups -OCH3 is 2. The Kier molecular flexibility index (Phi) is 8.13. The molecule has 2 rings (SSSR count). The molecule has 1 unspecified atom stereocenters. The highest BCUT2D eigenvalue weighted by Crippen LogP contribution is 2.26. The molecule has 0 heterocycles. The van der Waals surface area contributed by atoms with E-state index in [1.165, 1.54) is 0 Å². The number of amides is 1. The summed E-state index contributed by atoms with van der Waals surface area (Å²) in [5.41, 5.74) is 2.20. The molecule has 1 atom stereocenters. The summed E-state index contributed by atoms with van der Waals surface area (Å²) in [6.45, 7) is 0.547. The summed E-state index contributed by atoms with van der Waals surface area (Å²) in [7, 11) is 7.30. The van der Waals surface area contributed by atoms with Gasteiger partial charge in [0.2, 0.25) is 5.91 Å². The zero-order valence-electron chi connectivity index (χ0n) is 16.3. The summed E-state index contributed by atoms with van der Waals surface area (Å²) in [4.78, 5) is 14.4. The van der Waals surface area contributed by atoms with Crippen molar-refractivity contribution in [1.82, 2.24) is 10.2 Å². The molecular formula is C21H27BrN2O3. The highest BCUT2D eigenvalue weighted by molar-refractivity contribution is 9.10. The first-order valence-electron chi connectivity index (χ1n) is 8.84. The van der Waals surface area contributed by atoms with Crippen LogP contribution in [0.25, 0.3) is 0 Å². The Balaban J connectivity index is 1.91. The van der Waals surface area contributed by atoms with E-state index in [1.54, 1.807) is 14.2 Å². The van der Waals surface area contributed by atoms with Gasteiger partial charge in [0, 0.05) is 13.0 Å². The SMILES string of the molecule is COc1cccc(C(CNC(=O)CCc2ccc(OC)c(Br)c2)N(C)C)c1. The van der Waals surface area contributed by atoms with Crippen molar-refractivity contribution in [3.8, 4) is 11.5 Å². The summed E-state index contributed by atoms with van der Waals surface area (Å²) in [5, 5.41) is 3.05. The zero-order valence-corrected chi connectivity index (χ0v) is 17.9. The molecule has 2 aromatic carbocycles. The number of benzene rings is 2. The van der Waals surface area contributed by atoms with Crippen LogP contribution in [0.2, 0.25) is 0 Å². The van der Waals surface area contributed by atoms with Crippen molar-refractivity contribution >= 4 is 21.8 Å². The molecule has 27 heavy (non-hydrogen) atoms. The van der Waals surface area contributed by atoms with Crippen molar-refractivity contribution in [3.63, 3.8) is 0 Å². The van der Waals surface area contributed by atoms with Gasteiger partial charge in [-0.2, -0.15) is 0 Å². The highest BCUT2D eigenvalue weighted by Gasteiger charge is 2.16. The van der Waals surface area contributed by atoms with E-state index in [9.17, 15) is 4.79 Å². The van der Waals surface area contributed by atoms with Gasteiger partial charge in [-0.05, 0) is 71.8 Å². The minimum absolute atomic E-state index is 0.0386. The number of rotatable bonds is 9. The lowest BCUT2D eigenvalue weighted by Crippen LogP contribution is -2.34. The Labute approximate surface area is 169 Å². The van der Waals surface area contributed by atoms with Gasteiger partial charge in [-0.1, -0.05) is 18.2 Å². The Morgan fingerprint density at radius 3 is 2.56 bits per heavy atom. The van der Waals surface area contributed by atoms with Crippen LogP contribution in [0.3, 0.4) is 0 Å². The minimum Gasteiger partial charge on any atom is -0.497 e. The monoisotopic (exact) mass is 434 g/mol. The van der Waals surface area contributed by atoms with E-state index in [0.717, 1.165) is 27.1 Å². The number of halogens is 1. The van der Waals surface area contributed by atoms with Crippen molar-refractivity contribution < 1.29 is 14.3 Å². The van der Waals surface area contributed by atoms with E-state index < -0.39 is 0 Å². The van der Waals surface area contributed by atoms with Gasteiger partial charge in [-0.3, -0.25) is 4.79 Å². The molecule has 0 spiro atoms. The first-order valence-corrected chi connectivity index (χ1v) is 9.63. The van der Waals surface area contributed by atoms with Gasteiger partial charge in [0.15, 0.2) is 0 Å². The lowest BCUT2D eigenvalue weighted by molar-refractivity contribution is -0.121. The van der Waals surface area contributed by atoms with Crippen LogP contribution in [-0.4, -0.2) is 45.7 Å². The maximum atomic E-state index is 12.3. The number of hydrogen-bond donors (Lipinski definition) is 1. The van der Waals surface area contributed by atoms with Crippen LogP contribution in [0, 0.1) is 0 Å². The third-order valence-electron chi connectivity index (χ3n) is 4.45. The molecule has 0 aliphatic carbocycles. The molecular weight excluding hydrogens is 408 g/mol. The number of aryl methyl sites for hydroxylation is 1. The van der Waals surface area contributed by atoms with Gasteiger partial charge >= 0.3 is 0 Å². The lowest BCUT2D eigenvalue weighted by atomic mass is 10.1. The molecule has 2 aromatic rings. The van der Waals surface area contributed by atoms with Crippen molar-refractivity contribution in [2.45, 2.75) is 18.9 Å². The Morgan fingerprint density at radius 2 is 1.93 bits per heavy atom. The van der Waals surface area contributed by atoms with Crippen LogP contribution in [0.15, 0.2) is 46.9 Å². The summed E-state index contributed by atoms with van der Waals surface area (Å²) < 4.78 is 11.4. The second-order valence-electron chi connectivity index (χ2n) is 6.53. The van der Waals surface area contributed by atoms with Gasteiger partial charge < -0.3 is 19.7 Å². The fraction of sp³-hybridized carbons (Fsp3) is 0.381. The average molecular weight is 435 g/mol. The number of hydrogen-bond acceptors (Lipinski definition) is 4. The van der Waals surface area contributed by atoms with Crippen LogP contribution in [0.5, 0.6) is 11.5 Å². The van der Waals surface area contributed by atoms with Gasteiger partial charge in [0.25, 0.3) is 0 Å². The smallest absolute Gasteiger partial charge is 0.220 e. The van der Waals surface area contributed by atoms with Gasteiger partial charge in [-0.25, -0.2) is 0 Å². The van der Waals surface area contributed by atoms with Crippen LogP contribution in [-0.2, 0) is 11.2 Å². The highest BCUT2D eigenvalue weighted by atomic mass is 79.9. The van der Waals surface area contributed by atoms with E-state index >= 15 is 0 Å². The number of nitrogens with one attached hydrogen (secondary N) is 1. The average Bonchev–Trinajstić information content (AvgIpc) is 2.66. The molecule has 0 aromatic heterocycles. The van der Waals surface area contributed by atoms with E-state index in [1.807, 2.05) is 56.6 Å². The summed E-state index contributed by atoms with van der Waals surface area (Å²) in [6, 6.07) is 13.9. The van der Waals surface area contributed by atoms with E-state index in [4.69, 9.17) is 9.47 Å².